The molecule has 0 spiro atoms. The van der Waals surface area contributed by atoms with E-state index in [4.69, 9.17) is 4.74 Å². The van der Waals surface area contributed by atoms with Gasteiger partial charge in [0, 0.05) is 11.6 Å². The van der Waals surface area contributed by atoms with Crippen LogP contribution in [0.3, 0.4) is 0 Å². The normalized spacial score (nSPS) is 22.6. The Kier molecular flexibility index (Phi) is 5.04. The number of carbonyl (C=O) groups is 1. The molecule has 1 N–H and O–H groups in total. The molecule has 128 valence electrons. The molecule has 1 aliphatic rings. The van der Waals surface area contributed by atoms with Gasteiger partial charge in [0.2, 0.25) is 0 Å². The van der Waals surface area contributed by atoms with E-state index in [0.717, 1.165) is 37.0 Å². The van der Waals surface area contributed by atoms with Crippen LogP contribution < -0.4 is 10.1 Å². The van der Waals surface area contributed by atoms with Crippen LogP contribution in [0, 0.1) is 11.3 Å². The molecule has 0 aliphatic heterocycles. The topological polar surface area (TPSA) is 62.1 Å². The highest BCUT2D eigenvalue weighted by atomic mass is 16.5. The van der Waals surface area contributed by atoms with Crippen molar-refractivity contribution < 1.29 is 9.53 Å². The lowest BCUT2D eigenvalue weighted by Crippen LogP contribution is -2.41. The molecule has 0 aromatic heterocycles. The molecule has 1 fully saturated rings. The fourth-order valence-electron chi connectivity index (χ4n) is 3.50. The standard InChI is InChI=1S/C21H22N2O2/c1-25-19-9-5-8-17(14-19)21(15-22)12-10-18(11-13-21)23-20(24)16-6-3-2-4-7-16/h2-9,14,18H,10-13H2,1H3,(H,23,24)/t18-,21-. The lowest BCUT2D eigenvalue weighted by molar-refractivity contribution is 0.0922. The maximum Gasteiger partial charge on any atom is 0.251 e. The fraction of sp³-hybridized carbons (Fsp3) is 0.333. The van der Waals surface area contributed by atoms with Crippen molar-refractivity contribution in [2.45, 2.75) is 37.1 Å². The van der Waals surface area contributed by atoms with Gasteiger partial charge >= 0.3 is 0 Å². The Labute approximate surface area is 148 Å². The Morgan fingerprint density at radius 3 is 2.52 bits per heavy atom. The Balaban J connectivity index is 1.67. The van der Waals surface area contributed by atoms with Crippen molar-refractivity contribution in [3.8, 4) is 11.8 Å². The molecule has 1 amide bonds. The van der Waals surface area contributed by atoms with Gasteiger partial charge in [0.15, 0.2) is 0 Å². The van der Waals surface area contributed by atoms with Crippen molar-refractivity contribution in [2.24, 2.45) is 0 Å². The lowest BCUT2D eigenvalue weighted by atomic mass is 9.69. The molecule has 3 rings (SSSR count). The van der Waals surface area contributed by atoms with Crippen LogP contribution in [0.2, 0.25) is 0 Å². The van der Waals surface area contributed by atoms with Gasteiger partial charge in [-0.1, -0.05) is 30.3 Å². The van der Waals surface area contributed by atoms with Crippen molar-refractivity contribution in [1.29, 1.82) is 5.26 Å². The van der Waals surface area contributed by atoms with E-state index in [1.165, 1.54) is 0 Å². The average molecular weight is 334 g/mol. The largest absolute Gasteiger partial charge is 0.497 e. The van der Waals surface area contributed by atoms with E-state index >= 15 is 0 Å². The first kappa shape index (κ1) is 17.0. The molecule has 1 saturated carbocycles. The highest BCUT2D eigenvalue weighted by Crippen LogP contribution is 2.40. The molecule has 2 aromatic carbocycles. The van der Waals surface area contributed by atoms with E-state index < -0.39 is 5.41 Å². The molecule has 0 heterocycles. The van der Waals surface area contributed by atoms with Gasteiger partial charge in [-0.15, -0.1) is 0 Å². The van der Waals surface area contributed by atoms with Gasteiger partial charge < -0.3 is 10.1 Å². The number of nitrogens with one attached hydrogen (secondary N) is 1. The SMILES string of the molecule is COc1cccc([C@]2(C#N)CC[C@@H](NC(=O)c3ccccc3)CC2)c1. The zero-order valence-electron chi connectivity index (χ0n) is 14.4. The van der Waals surface area contributed by atoms with E-state index in [1.807, 2.05) is 54.6 Å². The van der Waals surface area contributed by atoms with Gasteiger partial charge in [-0.25, -0.2) is 0 Å². The number of hydrogen-bond acceptors (Lipinski definition) is 3. The minimum absolute atomic E-state index is 0.0450. The summed E-state index contributed by atoms with van der Waals surface area (Å²) >= 11 is 0. The van der Waals surface area contributed by atoms with Crippen molar-refractivity contribution in [2.75, 3.05) is 7.11 Å². The third-order valence-corrected chi connectivity index (χ3v) is 5.05. The van der Waals surface area contributed by atoms with E-state index in [9.17, 15) is 10.1 Å². The number of carbonyl (C=O) groups excluding carboxylic acids is 1. The second kappa shape index (κ2) is 7.40. The van der Waals surface area contributed by atoms with Crippen LogP contribution in [0.4, 0.5) is 0 Å². The number of ether oxygens (including phenoxy) is 1. The van der Waals surface area contributed by atoms with E-state index in [0.29, 0.717) is 5.56 Å². The number of benzene rings is 2. The Bertz CT molecular complexity index is 772. The lowest BCUT2D eigenvalue weighted by Gasteiger charge is -2.35. The van der Waals surface area contributed by atoms with Crippen LogP contribution in [-0.4, -0.2) is 19.1 Å². The molecule has 1 aliphatic carbocycles. The third kappa shape index (κ3) is 3.66. The average Bonchev–Trinajstić information content (AvgIpc) is 2.69. The molecule has 0 atom stereocenters. The summed E-state index contributed by atoms with van der Waals surface area (Å²) in [7, 11) is 1.63. The van der Waals surface area contributed by atoms with Crippen LogP contribution >= 0.6 is 0 Å². The van der Waals surface area contributed by atoms with Crippen LogP contribution in [0.1, 0.15) is 41.6 Å². The van der Waals surface area contributed by atoms with Gasteiger partial charge in [-0.05, 0) is 55.5 Å². The summed E-state index contributed by atoms with van der Waals surface area (Å²) in [5, 5.41) is 12.9. The molecule has 0 saturated heterocycles. The molecule has 0 radical (unpaired) electrons. The number of methoxy groups -OCH3 is 1. The number of nitriles is 1. The van der Waals surface area contributed by atoms with Gasteiger partial charge in [0.05, 0.1) is 18.6 Å². The molecule has 25 heavy (non-hydrogen) atoms. The smallest absolute Gasteiger partial charge is 0.251 e. The summed E-state index contributed by atoms with van der Waals surface area (Å²) in [6.07, 6.45) is 3.06. The van der Waals surface area contributed by atoms with Gasteiger partial charge in [0.1, 0.15) is 5.75 Å². The number of amides is 1. The van der Waals surface area contributed by atoms with Crippen LogP contribution in [0.25, 0.3) is 0 Å². The zero-order chi connectivity index (χ0) is 17.7. The molecule has 0 unspecified atom stereocenters. The minimum Gasteiger partial charge on any atom is -0.497 e. The molecule has 4 heteroatoms. The van der Waals surface area contributed by atoms with Gasteiger partial charge in [0.25, 0.3) is 5.91 Å². The predicted octanol–water partition coefficient (Wildman–Crippen LogP) is 3.83. The second-order valence-electron chi connectivity index (χ2n) is 6.54. The van der Waals surface area contributed by atoms with E-state index in [2.05, 4.69) is 11.4 Å². The van der Waals surface area contributed by atoms with Crippen molar-refractivity contribution in [3.63, 3.8) is 0 Å². The quantitative estimate of drug-likeness (QED) is 0.924. The minimum atomic E-state index is -0.498. The molecular formula is C21H22N2O2. The maximum absolute atomic E-state index is 12.3. The first-order valence-corrected chi connectivity index (χ1v) is 8.58. The van der Waals surface area contributed by atoms with Gasteiger partial charge in [-0.2, -0.15) is 5.26 Å². The summed E-state index contributed by atoms with van der Waals surface area (Å²) in [6.45, 7) is 0. The van der Waals surface area contributed by atoms with Crippen molar-refractivity contribution in [1.82, 2.24) is 5.32 Å². The predicted molar refractivity (Wildman–Crippen MR) is 96.4 cm³/mol. The summed E-state index contributed by atoms with van der Waals surface area (Å²) < 4.78 is 5.29. The Morgan fingerprint density at radius 1 is 1.16 bits per heavy atom. The number of rotatable bonds is 4. The number of hydrogen-bond donors (Lipinski definition) is 1. The molecule has 0 bridgehead atoms. The summed E-state index contributed by atoms with van der Waals surface area (Å²) in [6, 6.07) is 19.6. The highest BCUT2D eigenvalue weighted by molar-refractivity contribution is 5.94. The summed E-state index contributed by atoms with van der Waals surface area (Å²) in [5.41, 5.74) is 1.18. The zero-order valence-corrected chi connectivity index (χ0v) is 14.4. The van der Waals surface area contributed by atoms with E-state index in [1.54, 1.807) is 7.11 Å². The summed E-state index contributed by atoms with van der Waals surface area (Å²) in [5.74, 6) is 0.725. The fourth-order valence-corrected chi connectivity index (χ4v) is 3.50. The Morgan fingerprint density at radius 2 is 1.88 bits per heavy atom. The van der Waals surface area contributed by atoms with Crippen LogP contribution in [-0.2, 0) is 5.41 Å². The summed E-state index contributed by atoms with van der Waals surface area (Å²) in [4.78, 5) is 12.3. The monoisotopic (exact) mass is 334 g/mol. The van der Waals surface area contributed by atoms with Crippen LogP contribution in [0.15, 0.2) is 54.6 Å². The van der Waals surface area contributed by atoms with Gasteiger partial charge in [-0.3, -0.25) is 4.79 Å². The molecule has 2 aromatic rings. The molecule has 4 nitrogen and oxygen atoms in total. The first-order valence-electron chi connectivity index (χ1n) is 8.58. The first-order chi connectivity index (χ1) is 12.2. The van der Waals surface area contributed by atoms with Crippen LogP contribution in [0.5, 0.6) is 5.75 Å². The van der Waals surface area contributed by atoms with Crippen molar-refractivity contribution in [3.05, 3.63) is 65.7 Å². The highest BCUT2D eigenvalue weighted by Gasteiger charge is 2.37. The third-order valence-electron chi connectivity index (χ3n) is 5.05. The molecular weight excluding hydrogens is 312 g/mol. The van der Waals surface area contributed by atoms with E-state index in [-0.39, 0.29) is 11.9 Å². The maximum atomic E-state index is 12.3. The second-order valence-corrected chi connectivity index (χ2v) is 6.54. The number of nitrogens with zero attached hydrogens (tertiary/aromatic N) is 1. The Hall–Kier alpha value is -2.80. The van der Waals surface area contributed by atoms with Crippen molar-refractivity contribution >= 4 is 5.91 Å².